The van der Waals surface area contributed by atoms with Crippen LogP contribution in [0.15, 0.2) is 30.9 Å². The fourth-order valence-electron chi connectivity index (χ4n) is 4.06. The van der Waals surface area contributed by atoms with Crippen LogP contribution in [-0.2, 0) is 20.3 Å². The van der Waals surface area contributed by atoms with Gasteiger partial charge in [-0.3, -0.25) is 4.57 Å². The van der Waals surface area contributed by atoms with Crippen molar-refractivity contribution in [3.8, 4) is 17.4 Å². The molecular weight excluding hydrogens is 510 g/mol. The van der Waals surface area contributed by atoms with Gasteiger partial charge in [0, 0.05) is 25.4 Å². The molecular formula is C22H26ClN7O5S. The topological polar surface area (TPSA) is 144 Å². The minimum Gasteiger partial charge on any atom is -0.479 e. The van der Waals surface area contributed by atoms with E-state index in [1.807, 2.05) is 0 Å². The maximum absolute atomic E-state index is 13.6. The summed E-state index contributed by atoms with van der Waals surface area (Å²) in [5.74, 6) is 0.845. The van der Waals surface area contributed by atoms with Crippen LogP contribution in [0.3, 0.4) is 0 Å². The number of hydrogen-bond acceptors (Lipinski definition) is 11. The van der Waals surface area contributed by atoms with Crippen molar-refractivity contribution in [2.45, 2.75) is 42.8 Å². The monoisotopic (exact) mass is 535 g/mol. The minimum absolute atomic E-state index is 0.00249. The molecule has 0 saturated heterocycles. The number of allylic oxidation sites excluding steroid dienone is 1. The third-order valence-electron chi connectivity index (χ3n) is 6.03. The zero-order chi connectivity index (χ0) is 26.0. The van der Waals surface area contributed by atoms with Crippen LogP contribution in [0.25, 0.3) is 5.69 Å². The van der Waals surface area contributed by atoms with Crippen LogP contribution >= 0.6 is 11.6 Å². The van der Waals surface area contributed by atoms with Gasteiger partial charge in [0.2, 0.25) is 11.8 Å². The zero-order valence-electron chi connectivity index (χ0n) is 20.3. The van der Waals surface area contributed by atoms with Gasteiger partial charge >= 0.3 is 0 Å². The Morgan fingerprint density at radius 1 is 1.08 bits per heavy atom. The van der Waals surface area contributed by atoms with Crippen LogP contribution in [0.4, 0.5) is 0 Å². The standard InChI is InChI=1S/C22H26ClN7O5S/c1-12-6-14(7-12)20-29-28-16(30(20)17-21(34-4)26-11-27-22(17)35-5)10-36(31,32)13(2)18(33-3)19-24-8-15(23)9-25-19/h8-9,11,13-14,18H,1,6-7,10H2,2-5H3/t13-,18-/m0/s1. The summed E-state index contributed by atoms with van der Waals surface area (Å²) in [7, 11) is 0.438. The number of hydrogen-bond donors (Lipinski definition) is 0. The molecule has 14 heteroatoms. The summed E-state index contributed by atoms with van der Waals surface area (Å²) < 4.78 is 45.2. The van der Waals surface area contributed by atoms with E-state index in [1.54, 1.807) is 4.57 Å². The largest absolute Gasteiger partial charge is 0.479 e. The van der Waals surface area contributed by atoms with Gasteiger partial charge in [0.05, 0.1) is 24.5 Å². The lowest BCUT2D eigenvalue weighted by Crippen LogP contribution is -2.30. The summed E-state index contributed by atoms with van der Waals surface area (Å²) in [6.45, 7) is 5.53. The van der Waals surface area contributed by atoms with Crippen molar-refractivity contribution in [2.24, 2.45) is 0 Å². The van der Waals surface area contributed by atoms with E-state index in [9.17, 15) is 8.42 Å². The molecule has 3 aromatic heterocycles. The molecule has 3 aromatic rings. The van der Waals surface area contributed by atoms with E-state index < -0.39 is 26.9 Å². The average Bonchev–Trinajstić information content (AvgIpc) is 3.24. The van der Waals surface area contributed by atoms with Crippen LogP contribution in [-0.4, -0.2) is 69.7 Å². The van der Waals surface area contributed by atoms with Crippen molar-refractivity contribution in [3.63, 3.8) is 0 Å². The van der Waals surface area contributed by atoms with E-state index in [2.05, 4.69) is 36.7 Å². The lowest BCUT2D eigenvalue weighted by molar-refractivity contribution is 0.0948. The van der Waals surface area contributed by atoms with E-state index in [4.69, 9.17) is 25.8 Å². The van der Waals surface area contributed by atoms with Gasteiger partial charge in [-0.1, -0.05) is 23.8 Å². The van der Waals surface area contributed by atoms with Crippen molar-refractivity contribution in [3.05, 3.63) is 53.4 Å². The molecule has 3 heterocycles. The summed E-state index contributed by atoms with van der Waals surface area (Å²) in [5.41, 5.74) is 1.40. The van der Waals surface area contributed by atoms with Crippen molar-refractivity contribution in [1.29, 1.82) is 0 Å². The van der Waals surface area contributed by atoms with Gasteiger partial charge in [-0.25, -0.2) is 18.4 Å². The average molecular weight is 536 g/mol. The maximum atomic E-state index is 13.6. The van der Waals surface area contributed by atoms with Crippen molar-refractivity contribution in [1.82, 2.24) is 34.7 Å². The highest BCUT2D eigenvalue weighted by atomic mass is 35.5. The lowest BCUT2D eigenvalue weighted by Gasteiger charge is -2.28. The summed E-state index contributed by atoms with van der Waals surface area (Å²) in [5, 5.41) is 7.92. The smallest absolute Gasteiger partial charge is 0.245 e. The first kappa shape index (κ1) is 25.9. The summed E-state index contributed by atoms with van der Waals surface area (Å²) in [6.07, 6.45) is 4.56. The van der Waals surface area contributed by atoms with Crippen molar-refractivity contribution >= 4 is 21.4 Å². The third-order valence-corrected chi connectivity index (χ3v) is 8.26. The molecule has 0 aliphatic heterocycles. The Bertz CT molecular complexity index is 1330. The number of halogens is 1. The second kappa shape index (κ2) is 10.4. The van der Waals surface area contributed by atoms with Gasteiger partial charge in [-0.15, -0.1) is 10.2 Å². The Kier molecular flexibility index (Phi) is 7.52. The van der Waals surface area contributed by atoms with Gasteiger partial charge in [0.15, 0.2) is 27.2 Å². The van der Waals surface area contributed by atoms with Gasteiger partial charge in [-0.2, -0.15) is 9.97 Å². The molecule has 0 unspecified atom stereocenters. The predicted molar refractivity (Wildman–Crippen MR) is 130 cm³/mol. The first-order valence-electron chi connectivity index (χ1n) is 11.0. The maximum Gasteiger partial charge on any atom is 0.245 e. The van der Waals surface area contributed by atoms with Crippen molar-refractivity contribution < 1.29 is 22.6 Å². The Hall–Kier alpha value is -3.16. The number of aromatic nitrogens is 7. The normalized spacial score (nSPS) is 15.9. The van der Waals surface area contributed by atoms with Crippen LogP contribution in [0, 0.1) is 0 Å². The molecule has 0 aromatic carbocycles. The number of ether oxygens (including phenoxy) is 3. The first-order valence-corrected chi connectivity index (χ1v) is 13.1. The van der Waals surface area contributed by atoms with Gasteiger partial charge < -0.3 is 14.2 Å². The first-order chi connectivity index (χ1) is 17.2. The molecule has 0 bridgehead atoms. The molecule has 4 rings (SSSR count). The molecule has 1 saturated carbocycles. The molecule has 192 valence electrons. The minimum atomic E-state index is -3.87. The molecule has 36 heavy (non-hydrogen) atoms. The Labute approximate surface area is 213 Å². The number of methoxy groups -OCH3 is 3. The molecule has 1 aliphatic carbocycles. The van der Waals surface area contributed by atoms with E-state index in [0.29, 0.717) is 29.4 Å². The van der Waals surface area contributed by atoms with Gasteiger partial charge in [-0.05, 0) is 19.8 Å². The Morgan fingerprint density at radius 2 is 1.69 bits per heavy atom. The number of rotatable bonds is 10. The number of nitrogens with zero attached hydrogens (tertiary/aromatic N) is 7. The fraction of sp³-hybridized carbons (Fsp3) is 0.455. The third kappa shape index (κ3) is 4.90. The van der Waals surface area contributed by atoms with Crippen LogP contribution < -0.4 is 9.47 Å². The molecule has 1 aliphatic rings. The summed E-state index contributed by atoms with van der Waals surface area (Å²) >= 11 is 5.88. The fourth-order valence-corrected chi connectivity index (χ4v) is 5.58. The molecule has 0 spiro atoms. The highest BCUT2D eigenvalue weighted by Gasteiger charge is 2.37. The van der Waals surface area contributed by atoms with Crippen LogP contribution in [0.5, 0.6) is 11.8 Å². The van der Waals surface area contributed by atoms with Gasteiger partial charge in [0.25, 0.3) is 0 Å². The van der Waals surface area contributed by atoms with Crippen molar-refractivity contribution in [2.75, 3.05) is 21.3 Å². The Balaban J connectivity index is 1.77. The molecule has 12 nitrogen and oxygen atoms in total. The van der Waals surface area contributed by atoms with Gasteiger partial charge in [0.1, 0.15) is 24.0 Å². The summed E-state index contributed by atoms with van der Waals surface area (Å²) in [4.78, 5) is 16.6. The summed E-state index contributed by atoms with van der Waals surface area (Å²) in [6, 6.07) is 0. The molecule has 0 radical (unpaired) electrons. The quantitative estimate of drug-likeness (QED) is 0.353. The highest BCUT2D eigenvalue weighted by Crippen LogP contribution is 2.42. The lowest BCUT2D eigenvalue weighted by atomic mass is 9.80. The second-order valence-corrected chi connectivity index (χ2v) is 11.1. The van der Waals surface area contributed by atoms with Crippen LogP contribution in [0.2, 0.25) is 5.02 Å². The SMILES string of the molecule is C=C1CC(c2nnc(CS(=O)(=O)[C@@H](C)[C@H](OC)c3ncc(Cl)cn3)n2-c2c(OC)ncnc2OC)C1. The molecule has 0 amide bonds. The molecule has 0 N–H and O–H groups in total. The highest BCUT2D eigenvalue weighted by molar-refractivity contribution is 7.91. The predicted octanol–water partition coefficient (Wildman–Crippen LogP) is 2.64. The van der Waals surface area contributed by atoms with E-state index in [0.717, 1.165) is 5.57 Å². The molecule has 1 fully saturated rings. The zero-order valence-corrected chi connectivity index (χ0v) is 21.8. The number of sulfone groups is 1. The van der Waals surface area contributed by atoms with E-state index >= 15 is 0 Å². The van der Waals surface area contributed by atoms with E-state index in [-0.39, 0.29) is 29.3 Å². The van der Waals surface area contributed by atoms with E-state index in [1.165, 1.54) is 47.0 Å². The second-order valence-electron chi connectivity index (χ2n) is 8.33. The molecule has 2 atom stereocenters. The van der Waals surface area contributed by atoms with Crippen LogP contribution in [0.1, 0.15) is 49.3 Å². The Morgan fingerprint density at radius 3 is 2.22 bits per heavy atom.